The van der Waals surface area contributed by atoms with Crippen LogP contribution in [0.15, 0.2) is 47.4 Å². The van der Waals surface area contributed by atoms with Gasteiger partial charge in [-0.15, -0.1) is 0 Å². The van der Waals surface area contributed by atoms with Gasteiger partial charge in [0.1, 0.15) is 0 Å². The summed E-state index contributed by atoms with van der Waals surface area (Å²) in [5.41, 5.74) is 1.05. The van der Waals surface area contributed by atoms with Crippen LogP contribution in [-0.4, -0.2) is 32.2 Å². The molecule has 2 amide bonds. The molecule has 130 valence electrons. The topological polar surface area (TPSA) is 83.6 Å². The molecule has 0 fully saturated rings. The molecule has 3 rings (SSSR count). The van der Waals surface area contributed by atoms with Gasteiger partial charge in [0, 0.05) is 18.1 Å². The number of benzene rings is 2. The molecule has 1 aliphatic heterocycles. The Hall–Kier alpha value is -2.22. The zero-order valence-corrected chi connectivity index (χ0v) is 15.1. The third-order valence-corrected chi connectivity index (χ3v) is 5.86. The number of halogens is 1. The van der Waals surface area contributed by atoms with Crippen molar-refractivity contribution in [1.82, 2.24) is 9.62 Å². The minimum Gasteiger partial charge on any atom is -0.277 e. The summed E-state index contributed by atoms with van der Waals surface area (Å²) < 4.78 is 27.8. The Labute approximate surface area is 150 Å². The molecule has 0 saturated carbocycles. The largest absolute Gasteiger partial charge is 0.277 e. The van der Waals surface area contributed by atoms with E-state index in [9.17, 15) is 18.0 Å². The van der Waals surface area contributed by atoms with E-state index in [1.807, 2.05) is 0 Å². The summed E-state index contributed by atoms with van der Waals surface area (Å²) in [5.74, 6) is -0.950. The number of fused-ring (bicyclic) bond motifs is 1. The Morgan fingerprint density at radius 2 is 1.60 bits per heavy atom. The Morgan fingerprint density at radius 3 is 2.24 bits per heavy atom. The van der Waals surface area contributed by atoms with Gasteiger partial charge in [-0.25, -0.2) is 13.1 Å². The van der Waals surface area contributed by atoms with Crippen LogP contribution in [-0.2, 0) is 10.0 Å². The zero-order chi connectivity index (χ0) is 18.4. The predicted octanol–water partition coefficient (Wildman–Crippen LogP) is 2.61. The first-order valence-corrected chi connectivity index (χ1v) is 9.31. The van der Waals surface area contributed by atoms with Crippen LogP contribution >= 0.6 is 11.6 Å². The van der Waals surface area contributed by atoms with Gasteiger partial charge in [0.15, 0.2) is 0 Å². The van der Waals surface area contributed by atoms with Gasteiger partial charge in [-0.3, -0.25) is 14.5 Å². The highest BCUT2D eigenvalue weighted by Crippen LogP contribution is 2.25. The van der Waals surface area contributed by atoms with E-state index in [2.05, 4.69) is 4.72 Å². The van der Waals surface area contributed by atoms with Crippen LogP contribution in [0, 0.1) is 0 Å². The number of rotatable bonds is 4. The molecule has 6 nitrogen and oxygen atoms in total. The van der Waals surface area contributed by atoms with E-state index in [1.54, 1.807) is 31.2 Å². The molecule has 8 heteroatoms. The average Bonchev–Trinajstić information content (AvgIpc) is 2.79. The van der Waals surface area contributed by atoms with Crippen molar-refractivity contribution in [3.63, 3.8) is 0 Å². The molecule has 2 aromatic carbocycles. The summed E-state index contributed by atoms with van der Waals surface area (Å²) in [7, 11) is -2.50. The van der Waals surface area contributed by atoms with E-state index in [1.165, 1.54) is 25.2 Å². The second-order valence-corrected chi connectivity index (χ2v) is 7.92. The van der Waals surface area contributed by atoms with Crippen LogP contribution < -0.4 is 4.72 Å². The van der Waals surface area contributed by atoms with Crippen LogP contribution in [0.25, 0.3) is 0 Å². The number of hydrogen-bond acceptors (Lipinski definition) is 4. The number of carbonyl (C=O) groups excluding carboxylic acids is 2. The molecule has 0 radical (unpaired) electrons. The molecule has 0 bridgehead atoms. The molecule has 1 aliphatic rings. The molecule has 0 aliphatic carbocycles. The lowest BCUT2D eigenvalue weighted by molar-refractivity contribution is 0.0693. The van der Waals surface area contributed by atoms with E-state index in [-0.39, 0.29) is 16.0 Å². The van der Waals surface area contributed by atoms with Crippen LogP contribution in [0.5, 0.6) is 0 Å². The SMILES string of the molecule is CC(NS(=O)(=O)c1ccc2c(c1)C(=O)N(C)C2=O)c1ccc(Cl)cc1. The van der Waals surface area contributed by atoms with E-state index in [0.29, 0.717) is 5.02 Å². The van der Waals surface area contributed by atoms with Crippen LogP contribution in [0.3, 0.4) is 0 Å². The number of nitrogens with one attached hydrogen (secondary N) is 1. The summed E-state index contributed by atoms with van der Waals surface area (Å²) in [6.45, 7) is 1.70. The highest BCUT2D eigenvalue weighted by molar-refractivity contribution is 7.89. The van der Waals surface area contributed by atoms with Gasteiger partial charge in [0.25, 0.3) is 11.8 Å². The molecule has 0 aromatic heterocycles. The summed E-state index contributed by atoms with van der Waals surface area (Å²) in [6.07, 6.45) is 0. The first kappa shape index (κ1) is 17.6. The monoisotopic (exact) mass is 378 g/mol. The lowest BCUT2D eigenvalue weighted by Crippen LogP contribution is -2.27. The number of hydrogen-bond donors (Lipinski definition) is 1. The maximum Gasteiger partial charge on any atom is 0.261 e. The number of amides is 2. The summed E-state index contributed by atoms with van der Waals surface area (Å²) >= 11 is 5.83. The molecular weight excluding hydrogens is 364 g/mol. The quantitative estimate of drug-likeness (QED) is 0.829. The van der Waals surface area contributed by atoms with Crippen LogP contribution in [0.4, 0.5) is 0 Å². The number of imide groups is 1. The van der Waals surface area contributed by atoms with E-state index >= 15 is 0 Å². The number of nitrogens with zero attached hydrogens (tertiary/aromatic N) is 1. The standard InChI is InChI=1S/C17H15ClN2O4S/c1-10(11-3-5-12(18)6-4-11)19-25(23,24)13-7-8-14-15(9-13)17(22)20(2)16(14)21/h3-10,19H,1-2H3. The third kappa shape index (κ3) is 3.18. The van der Waals surface area contributed by atoms with Crippen molar-refractivity contribution >= 4 is 33.4 Å². The van der Waals surface area contributed by atoms with Gasteiger partial charge in [-0.05, 0) is 42.8 Å². The maximum atomic E-state index is 12.6. The summed E-state index contributed by atoms with van der Waals surface area (Å²) in [4.78, 5) is 24.8. The average molecular weight is 379 g/mol. The molecule has 1 atom stereocenters. The highest BCUT2D eigenvalue weighted by atomic mass is 35.5. The summed E-state index contributed by atoms with van der Waals surface area (Å²) in [6, 6.07) is 10.2. The zero-order valence-electron chi connectivity index (χ0n) is 13.5. The minimum absolute atomic E-state index is 0.0662. The molecule has 25 heavy (non-hydrogen) atoms. The Morgan fingerprint density at radius 1 is 1.00 bits per heavy atom. The van der Waals surface area contributed by atoms with Gasteiger partial charge in [0.05, 0.1) is 16.0 Å². The van der Waals surface area contributed by atoms with Gasteiger partial charge < -0.3 is 0 Å². The molecular formula is C17H15ClN2O4S. The van der Waals surface area contributed by atoms with Gasteiger partial charge in [-0.1, -0.05) is 23.7 Å². The van der Waals surface area contributed by atoms with Gasteiger partial charge >= 0.3 is 0 Å². The normalized spacial score (nSPS) is 15.4. The Kier molecular flexibility index (Phi) is 4.40. The first-order chi connectivity index (χ1) is 11.7. The van der Waals surface area contributed by atoms with Crippen molar-refractivity contribution in [3.8, 4) is 0 Å². The fourth-order valence-electron chi connectivity index (χ4n) is 2.63. The molecule has 1 N–H and O–H groups in total. The van der Waals surface area contributed by atoms with Crippen molar-refractivity contribution in [2.24, 2.45) is 0 Å². The van der Waals surface area contributed by atoms with Crippen LogP contribution in [0.2, 0.25) is 5.02 Å². The van der Waals surface area contributed by atoms with Gasteiger partial charge in [-0.2, -0.15) is 0 Å². The van der Waals surface area contributed by atoms with Crippen LogP contribution in [0.1, 0.15) is 39.2 Å². The number of sulfonamides is 1. The lowest BCUT2D eigenvalue weighted by atomic mass is 10.1. The van der Waals surface area contributed by atoms with E-state index in [4.69, 9.17) is 11.6 Å². The molecule has 1 unspecified atom stereocenters. The third-order valence-electron chi connectivity index (χ3n) is 4.07. The highest BCUT2D eigenvalue weighted by Gasteiger charge is 2.34. The molecule has 0 spiro atoms. The lowest BCUT2D eigenvalue weighted by Gasteiger charge is -2.15. The Balaban J connectivity index is 1.90. The van der Waals surface area contributed by atoms with Crippen molar-refractivity contribution < 1.29 is 18.0 Å². The van der Waals surface area contributed by atoms with Crippen molar-refractivity contribution in [3.05, 3.63) is 64.2 Å². The molecule has 0 saturated heterocycles. The van der Waals surface area contributed by atoms with Crippen molar-refractivity contribution in [2.45, 2.75) is 17.9 Å². The first-order valence-electron chi connectivity index (χ1n) is 7.45. The van der Waals surface area contributed by atoms with E-state index in [0.717, 1.165) is 10.5 Å². The fourth-order valence-corrected chi connectivity index (χ4v) is 4.01. The second kappa shape index (κ2) is 6.25. The van der Waals surface area contributed by atoms with E-state index < -0.39 is 27.9 Å². The second-order valence-electron chi connectivity index (χ2n) is 5.77. The minimum atomic E-state index is -3.86. The molecule has 1 heterocycles. The van der Waals surface area contributed by atoms with Gasteiger partial charge in [0.2, 0.25) is 10.0 Å². The smallest absolute Gasteiger partial charge is 0.261 e. The van der Waals surface area contributed by atoms with Crippen molar-refractivity contribution in [1.29, 1.82) is 0 Å². The fraction of sp³-hybridized carbons (Fsp3) is 0.176. The number of carbonyl (C=O) groups is 2. The summed E-state index contributed by atoms with van der Waals surface area (Å²) in [5, 5.41) is 0.560. The Bertz CT molecular complexity index is 971. The van der Waals surface area contributed by atoms with Crippen molar-refractivity contribution in [2.75, 3.05) is 7.05 Å². The maximum absolute atomic E-state index is 12.6. The predicted molar refractivity (Wildman–Crippen MR) is 93.1 cm³/mol. The molecule has 2 aromatic rings.